The topological polar surface area (TPSA) is 36.7 Å². The van der Waals surface area contributed by atoms with Crippen LogP contribution in [0.3, 0.4) is 0 Å². The van der Waals surface area contributed by atoms with Crippen molar-refractivity contribution in [3.63, 3.8) is 0 Å². The van der Waals surface area contributed by atoms with Gasteiger partial charge in [-0.3, -0.25) is 4.79 Å². The number of carbonyl (C=O) groups excluding carboxylic acids is 1. The molecule has 1 unspecified atom stereocenters. The number of halogens is 3. The second-order valence-corrected chi connectivity index (χ2v) is 4.12. The van der Waals surface area contributed by atoms with Crippen LogP contribution in [0.4, 0.5) is 13.2 Å². The van der Waals surface area contributed by atoms with Crippen LogP contribution in [0.2, 0.25) is 0 Å². The Labute approximate surface area is 107 Å². The Bertz CT molecular complexity index is 590. The zero-order chi connectivity index (χ0) is 14.0. The molecule has 1 aromatic heterocycles. The number of nitrogens with one attached hydrogen (secondary N) is 1. The molecule has 0 aliphatic carbocycles. The van der Waals surface area contributed by atoms with Crippen LogP contribution < -0.4 is 4.57 Å². The molecule has 1 N–H and O–H groups in total. The Hall–Kier alpha value is -2.11. The first-order chi connectivity index (χ1) is 8.95. The molecule has 0 aliphatic rings. The zero-order valence-corrected chi connectivity index (χ0v) is 10.1. The number of hydrogen-bond acceptors (Lipinski definition) is 1. The molecule has 100 valence electrons. The summed E-state index contributed by atoms with van der Waals surface area (Å²) in [5, 5.41) is 0. The van der Waals surface area contributed by atoms with E-state index in [1.807, 2.05) is 0 Å². The van der Waals surface area contributed by atoms with Crippen molar-refractivity contribution in [1.29, 1.82) is 0 Å². The van der Waals surface area contributed by atoms with Gasteiger partial charge in [0, 0.05) is 12.5 Å². The molecule has 6 heteroatoms. The predicted octanol–water partition coefficient (Wildman–Crippen LogP) is 2.42. The van der Waals surface area contributed by atoms with Gasteiger partial charge in [0.15, 0.2) is 12.3 Å². The number of benzene rings is 1. The number of alkyl halides is 3. The van der Waals surface area contributed by atoms with Gasteiger partial charge in [0.1, 0.15) is 12.4 Å². The molecule has 0 spiro atoms. The third-order valence-corrected chi connectivity index (χ3v) is 2.93. The number of rotatable bonds is 3. The monoisotopic (exact) mass is 269 g/mol. The minimum Gasteiger partial charge on any atom is -0.298 e. The maximum atomic E-state index is 13.0. The number of aromatic amines is 1. The highest BCUT2D eigenvalue weighted by Gasteiger charge is 2.36. The Morgan fingerprint density at radius 1 is 1.32 bits per heavy atom. The van der Waals surface area contributed by atoms with Crippen LogP contribution in [-0.4, -0.2) is 11.3 Å². The SMILES string of the molecule is Cc1[nH]cc[n+]1C(C=O)c1ccccc1C(F)(F)F. The van der Waals surface area contributed by atoms with Crippen molar-refractivity contribution in [1.82, 2.24) is 4.98 Å². The van der Waals surface area contributed by atoms with Gasteiger partial charge >= 0.3 is 6.18 Å². The first-order valence-corrected chi connectivity index (χ1v) is 5.61. The van der Waals surface area contributed by atoms with Crippen molar-refractivity contribution in [3.8, 4) is 0 Å². The van der Waals surface area contributed by atoms with Crippen LogP contribution in [0, 0.1) is 6.92 Å². The maximum Gasteiger partial charge on any atom is 0.416 e. The molecule has 0 saturated carbocycles. The van der Waals surface area contributed by atoms with E-state index in [4.69, 9.17) is 0 Å². The molecule has 0 saturated heterocycles. The summed E-state index contributed by atoms with van der Waals surface area (Å²) in [6.07, 6.45) is -0.863. The lowest BCUT2D eigenvalue weighted by molar-refractivity contribution is -0.703. The number of aldehydes is 1. The average Bonchev–Trinajstić information content (AvgIpc) is 2.76. The minimum absolute atomic E-state index is 0.0577. The van der Waals surface area contributed by atoms with Gasteiger partial charge in [0.05, 0.1) is 5.56 Å². The summed E-state index contributed by atoms with van der Waals surface area (Å²) in [5.41, 5.74) is -0.849. The van der Waals surface area contributed by atoms with Crippen molar-refractivity contribution < 1.29 is 22.5 Å². The average molecular weight is 269 g/mol. The third kappa shape index (κ3) is 2.52. The second kappa shape index (κ2) is 4.87. The molecule has 2 aromatic rings. The van der Waals surface area contributed by atoms with Gasteiger partial charge in [0.25, 0.3) is 5.82 Å². The van der Waals surface area contributed by atoms with E-state index in [2.05, 4.69) is 4.98 Å². The molecular weight excluding hydrogens is 257 g/mol. The number of aryl methyl sites for hydroxylation is 1. The lowest BCUT2D eigenvalue weighted by Gasteiger charge is -2.15. The van der Waals surface area contributed by atoms with Crippen LogP contribution in [0.25, 0.3) is 0 Å². The molecular formula is C13H12F3N2O+. The minimum atomic E-state index is -4.48. The number of aromatic nitrogens is 2. The molecule has 0 aliphatic heterocycles. The van der Waals surface area contributed by atoms with Crippen LogP contribution >= 0.6 is 0 Å². The number of nitrogens with zero attached hydrogens (tertiary/aromatic N) is 1. The first kappa shape index (κ1) is 13.3. The van der Waals surface area contributed by atoms with Crippen LogP contribution in [0.15, 0.2) is 36.7 Å². The van der Waals surface area contributed by atoms with Crippen LogP contribution in [0.1, 0.15) is 23.0 Å². The van der Waals surface area contributed by atoms with Gasteiger partial charge in [-0.15, -0.1) is 0 Å². The van der Waals surface area contributed by atoms with Crippen molar-refractivity contribution in [2.24, 2.45) is 0 Å². The zero-order valence-electron chi connectivity index (χ0n) is 10.1. The van der Waals surface area contributed by atoms with E-state index in [9.17, 15) is 18.0 Å². The summed E-state index contributed by atoms with van der Waals surface area (Å²) in [7, 11) is 0. The largest absolute Gasteiger partial charge is 0.416 e. The van der Waals surface area contributed by atoms with Crippen LogP contribution in [-0.2, 0) is 11.0 Å². The molecule has 1 heterocycles. The Kier molecular flexibility index (Phi) is 3.42. The smallest absolute Gasteiger partial charge is 0.298 e. The van der Waals surface area contributed by atoms with E-state index in [1.54, 1.807) is 19.3 Å². The highest BCUT2D eigenvalue weighted by atomic mass is 19.4. The van der Waals surface area contributed by atoms with Gasteiger partial charge in [-0.2, -0.15) is 13.2 Å². The summed E-state index contributed by atoms with van der Waals surface area (Å²) < 4.78 is 40.3. The summed E-state index contributed by atoms with van der Waals surface area (Å²) in [4.78, 5) is 14.1. The van der Waals surface area contributed by atoms with Crippen molar-refractivity contribution >= 4 is 6.29 Å². The molecule has 1 aromatic carbocycles. The molecule has 0 amide bonds. The standard InChI is InChI=1S/C13H11F3N2O/c1-9-17-6-7-18(9)12(8-19)10-4-2-3-5-11(10)13(14,15)16/h2-8,12H,1H3/p+1. The van der Waals surface area contributed by atoms with Crippen molar-refractivity contribution in [3.05, 3.63) is 53.6 Å². The second-order valence-electron chi connectivity index (χ2n) is 4.12. The molecule has 1 atom stereocenters. The lowest BCUT2D eigenvalue weighted by atomic mass is 10.0. The normalized spacial score (nSPS) is 13.3. The molecule has 2 rings (SSSR count). The molecule has 0 radical (unpaired) electrons. The van der Waals surface area contributed by atoms with E-state index in [0.717, 1.165) is 6.07 Å². The number of imidazole rings is 1. The highest BCUT2D eigenvalue weighted by Crippen LogP contribution is 2.33. The van der Waals surface area contributed by atoms with E-state index < -0.39 is 17.8 Å². The molecule has 0 fully saturated rings. The van der Waals surface area contributed by atoms with Gasteiger partial charge in [-0.1, -0.05) is 18.2 Å². The fourth-order valence-electron chi connectivity index (χ4n) is 2.03. The van der Waals surface area contributed by atoms with Gasteiger partial charge in [-0.25, -0.2) is 9.55 Å². The number of hydrogen-bond donors (Lipinski definition) is 1. The molecule has 19 heavy (non-hydrogen) atoms. The van der Waals surface area contributed by atoms with Crippen molar-refractivity contribution in [2.45, 2.75) is 19.1 Å². The van der Waals surface area contributed by atoms with Gasteiger partial charge in [-0.05, 0) is 6.07 Å². The fraction of sp³-hybridized carbons (Fsp3) is 0.231. The van der Waals surface area contributed by atoms with Crippen molar-refractivity contribution in [2.75, 3.05) is 0 Å². The van der Waals surface area contributed by atoms with Crippen LogP contribution in [0.5, 0.6) is 0 Å². The summed E-state index contributed by atoms with van der Waals surface area (Å²) in [6, 6.07) is 4.10. The number of H-pyrrole nitrogens is 1. The van der Waals surface area contributed by atoms with E-state index in [1.165, 1.54) is 22.8 Å². The Morgan fingerprint density at radius 2 is 2.00 bits per heavy atom. The fourth-order valence-corrected chi connectivity index (χ4v) is 2.03. The first-order valence-electron chi connectivity index (χ1n) is 5.61. The maximum absolute atomic E-state index is 13.0. The summed E-state index contributed by atoms with van der Waals surface area (Å²) in [5.74, 6) is 0.606. The summed E-state index contributed by atoms with van der Waals surface area (Å²) >= 11 is 0. The van der Waals surface area contributed by atoms with E-state index in [-0.39, 0.29) is 5.56 Å². The number of carbonyl (C=O) groups is 1. The lowest BCUT2D eigenvalue weighted by Crippen LogP contribution is -2.42. The highest BCUT2D eigenvalue weighted by molar-refractivity contribution is 5.61. The Morgan fingerprint density at radius 3 is 2.53 bits per heavy atom. The third-order valence-electron chi connectivity index (χ3n) is 2.93. The summed E-state index contributed by atoms with van der Waals surface area (Å²) in [6.45, 7) is 1.69. The Balaban J connectivity index is 2.57. The van der Waals surface area contributed by atoms with E-state index >= 15 is 0 Å². The van der Waals surface area contributed by atoms with Gasteiger partial charge < -0.3 is 0 Å². The molecule has 0 bridgehead atoms. The molecule has 3 nitrogen and oxygen atoms in total. The predicted molar refractivity (Wildman–Crippen MR) is 61.4 cm³/mol. The van der Waals surface area contributed by atoms with E-state index in [0.29, 0.717) is 12.1 Å². The quantitative estimate of drug-likeness (QED) is 0.674. The van der Waals surface area contributed by atoms with Gasteiger partial charge in [0.2, 0.25) is 0 Å².